The van der Waals surface area contributed by atoms with Gasteiger partial charge in [-0.15, -0.1) is 11.3 Å². The molecule has 4 aromatic heterocycles. The Morgan fingerprint density at radius 2 is 2.19 bits per heavy atom. The van der Waals surface area contributed by atoms with Gasteiger partial charge in [0.05, 0.1) is 33.8 Å². The van der Waals surface area contributed by atoms with Gasteiger partial charge in [0.2, 0.25) is 5.89 Å². The highest BCUT2D eigenvalue weighted by Gasteiger charge is 2.18. The van der Waals surface area contributed by atoms with Crippen LogP contribution in [0.1, 0.15) is 27.4 Å². The van der Waals surface area contributed by atoms with Crippen LogP contribution in [0.25, 0.3) is 21.8 Å². The zero-order valence-electron chi connectivity index (χ0n) is 14.6. The molecule has 0 fully saturated rings. The number of thiophene rings is 1. The zero-order chi connectivity index (χ0) is 18.3. The predicted molar refractivity (Wildman–Crippen MR) is 99.0 cm³/mol. The third-order valence-corrected chi connectivity index (χ3v) is 4.91. The number of hydrogen-bond acceptors (Lipinski definition) is 6. The molecule has 0 aromatic carbocycles. The van der Waals surface area contributed by atoms with Gasteiger partial charge in [0.25, 0.3) is 5.91 Å². The Hall–Kier alpha value is -3.00. The maximum absolute atomic E-state index is 12.7. The highest BCUT2D eigenvalue weighted by atomic mass is 32.1. The van der Waals surface area contributed by atoms with Crippen LogP contribution in [0.15, 0.2) is 34.3 Å². The number of hydrogen-bond donors (Lipinski definition) is 1. The van der Waals surface area contributed by atoms with Crippen molar-refractivity contribution in [3.63, 3.8) is 0 Å². The smallest absolute Gasteiger partial charge is 0.252 e. The molecule has 0 atom stereocenters. The summed E-state index contributed by atoms with van der Waals surface area (Å²) < 4.78 is 7.18. The first-order valence-electron chi connectivity index (χ1n) is 8.10. The summed E-state index contributed by atoms with van der Waals surface area (Å²) in [5, 5.41) is 10.0. The second-order valence-corrected chi connectivity index (χ2v) is 6.97. The third kappa shape index (κ3) is 2.88. The first kappa shape index (κ1) is 16.5. The van der Waals surface area contributed by atoms with E-state index >= 15 is 0 Å². The van der Waals surface area contributed by atoms with E-state index in [1.807, 2.05) is 38.4 Å². The van der Waals surface area contributed by atoms with Crippen molar-refractivity contribution in [1.29, 1.82) is 0 Å². The van der Waals surface area contributed by atoms with Gasteiger partial charge in [-0.3, -0.25) is 9.48 Å². The van der Waals surface area contributed by atoms with E-state index in [4.69, 9.17) is 4.42 Å². The summed E-state index contributed by atoms with van der Waals surface area (Å²) >= 11 is 1.56. The summed E-state index contributed by atoms with van der Waals surface area (Å²) in [4.78, 5) is 22.6. The molecule has 26 heavy (non-hydrogen) atoms. The highest BCUT2D eigenvalue weighted by molar-refractivity contribution is 7.13. The topological polar surface area (TPSA) is 85.8 Å². The summed E-state index contributed by atoms with van der Waals surface area (Å²) in [5.41, 5.74) is 3.49. The van der Waals surface area contributed by atoms with Gasteiger partial charge in [0, 0.05) is 12.7 Å². The molecule has 0 spiro atoms. The Balaban J connectivity index is 1.57. The number of aromatic nitrogens is 4. The summed E-state index contributed by atoms with van der Waals surface area (Å²) in [5.74, 6) is 0.381. The van der Waals surface area contributed by atoms with Gasteiger partial charge in [-0.2, -0.15) is 5.10 Å². The molecule has 4 aromatic rings. The molecule has 0 unspecified atom stereocenters. The molecule has 0 aliphatic heterocycles. The van der Waals surface area contributed by atoms with Gasteiger partial charge >= 0.3 is 0 Å². The van der Waals surface area contributed by atoms with Crippen LogP contribution < -0.4 is 5.32 Å². The van der Waals surface area contributed by atoms with Crippen LogP contribution in [0.3, 0.4) is 0 Å². The molecular formula is C18H17N5O2S. The van der Waals surface area contributed by atoms with Crippen LogP contribution >= 0.6 is 11.3 Å². The second kappa shape index (κ2) is 6.38. The normalized spacial score (nSPS) is 11.2. The van der Waals surface area contributed by atoms with E-state index < -0.39 is 0 Å². The number of rotatable bonds is 4. The molecule has 1 N–H and O–H groups in total. The van der Waals surface area contributed by atoms with E-state index in [0.717, 1.165) is 21.7 Å². The number of pyridine rings is 1. The standard InChI is InChI=1S/C18H17N5O2S/c1-10-7-13(15-11(2)22-23(3)16(15)20-10)17(24)19-8-12-9-25-18(21-12)14-5-4-6-26-14/h4-7,9H,8H2,1-3H3,(H,19,24). The minimum absolute atomic E-state index is 0.183. The van der Waals surface area contributed by atoms with Crippen LogP contribution in [0.4, 0.5) is 0 Å². The lowest BCUT2D eigenvalue weighted by Crippen LogP contribution is -2.23. The van der Waals surface area contributed by atoms with Gasteiger partial charge < -0.3 is 9.73 Å². The van der Waals surface area contributed by atoms with Crippen LogP contribution in [0.5, 0.6) is 0 Å². The summed E-state index contributed by atoms with van der Waals surface area (Å²) in [6, 6.07) is 5.67. The van der Waals surface area contributed by atoms with Crippen molar-refractivity contribution in [1.82, 2.24) is 25.1 Å². The molecule has 0 bridgehead atoms. The Morgan fingerprint density at radius 3 is 2.96 bits per heavy atom. The number of aryl methyl sites for hydroxylation is 3. The first-order chi connectivity index (χ1) is 12.5. The molecule has 4 heterocycles. The molecule has 8 heteroatoms. The lowest BCUT2D eigenvalue weighted by Gasteiger charge is -2.06. The largest absolute Gasteiger partial charge is 0.443 e. The van der Waals surface area contributed by atoms with Crippen LogP contribution in [-0.2, 0) is 13.6 Å². The highest BCUT2D eigenvalue weighted by Crippen LogP contribution is 2.24. The molecular weight excluding hydrogens is 350 g/mol. The van der Waals surface area contributed by atoms with Crippen molar-refractivity contribution in [2.75, 3.05) is 0 Å². The van der Waals surface area contributed by atoms with E-state index in [0.29, 0.717) is 22.8 Å². The van der Waals surface area contributed by atoms with Crippen LogP contribution in [-0.4, -0.2) is 25.7 Å². The van der Waals surface area contributed by atoms with E-state index in [-0.39, 0.29) is 12.5 Å². The fourth-order valence-corrected chi connectivity index (χ4v) is 3.57. The number of carbonyl (C=O) groups excluding carboxylic acids is 1. The molecule has 0 saturated carbocycles. The number of amides is 1. The molecule has 7 nitrogen and oxygen atoms in total. The van der Waals surface area contributed by atoms with Gasteiger partial charge in [0.1, 0.15) is 6.26 Å². The van der Waals surface area contributed by atoms with Crippen molar-refractivity contribution in [2.45, 2.75) is 20.4 Å². The quantitative estimate of drug-likeness (QED) is 0.598. The molecule has 0 aliphatic rings. The number of nitrogens with one attached hydrogen (secondary N) is 1. The number of carbonyl (C=O) groups is 1. The molecule has 1 amide bonds. The van der Waals surface area contributed by atoms with Crippen LogP contribution in [0.2, 0.25) is 0 Å². The van der Waals surface area contributed by atoms with Gasteiger partial charge in [0.15, 0.2) is 5.65 Å². The van der Waals surface area contributed by atoms with Crippen molar-refractivity contribution in [3.8, 4) is 10.8 Å². The monoisotopic (exact) mass is 367 g/mol. The van der Waals surface area contributed by atoms with Gasteiger partial charge in [-0.25, -0.2) is 9.97 Å². The average Bonchev–Trinajstić information content (AvgIpc) is 3.33. The Bertz CT molecular complexity index is 1090. The number of fused-ring (bicyclic) bond motifs is 1. The van der Waals surface area contributed by atoms with Gasteiger partial charge in [-0.1, -0.05) is 6.07 Å². The van der Waals surface area contributed by atoms with Gasteiger partial charge in [-0.05, 0) is 31.4 Å². The van der Waals surface area contributed by atoms with E-state index in [2.05, 4.69) is 20.4 Å². The number of oxazole rings is 1. The van der Waals surface area contributed by atoms with Crippen molar-refractivity contribution >= 4 is 28.3 Å². The fourth-order valence-electron chi connectivity index (χ4n) is 2.92. The minimum atomic E-state index is -0.183. The molecule has 0 saturated heterocycles. The Labute approximate surface area is 153 Å². The Morgan fingerprint density at radius 1 is 1.35 bits per heavy atom. The maximum Gasteiger partial charge on any atom is 0.252 e. The fraction of sp³-hybridized carbons (Fsp3) is 0.222. The van der Waals surface area contributed by atoms with Crippen molar-refractivity contribution < 1.29 is 9.21 Å². The predicted octanol–water partition coefficient (Wildman–Crippen LogP) is 3.23. The molecule has 132 valence electrons. The van der Waals surface area contributed by atoms with E-state index in [1.165, 1.54) is 0 Å². The second-order valence-electron chi connectivity index (χ2n) is 6.02. The third-order valence-electron chi connectivity index (χ3n) is 4.06. The average molecular weight is 367 g/mol. The maximum atomic E-state index is 12.7. The molecule has 0 radical (unpaired) electrons. The lowest BCUT2D eigenvalue weighted by molar-refractivity contribution is 0.0952. The molecule has 0 aliphatic carbocycles. The zero-order valence-corrected chi connectivity index (χ0v) is 15.4. The SMILES string of the molecule is Cc1cc(C(=O)NCc2coc(-c3cccs3)n2)c2c(C)nn(C)c2n1. The lowest BCUT2D eigenvalue weighted by atomic mass is 10.1. The van der Waals surface area contributed by atoms with E-state index in [1.54, 1.807) is 28.3 Å². The summed E-state index contributed by atoms with van der Waals surface area (Å²) in [7, 11) is 1.82. The first-order valence-corrected chi connectivity index (χ1v) is 8.98. The van der Waals surface area contributed by atoms with E-state index in [9.17, 15) is 4.79 Å². The Kier molecular flexibility index (Phi) is 4.04. The van der Waals surface area contributed by atoms with Crippen LogP contribution in [0, 0.1) is 13.8 Å². The minimum Gasteiger partial charge on any atom is -0.443 e. The molecule has 4 rings (SSSR count). The number of nitrogens with zero attached hydrogens (tertiary/aromatic N) is 4. The summed E-state index contributed by atoms with van der Waals surface area (Å²) in [6.45, 7) is 4.03. The summed E-state index contributed by atoms with van der Waals surface area (Å²) in [6.07, 6.45) is 1.57. The van der Waals surface area contributed by atoms with Crippen molar-refractivity contribution in [3.05, 3.63) is 52.5 Å². The van der Waals surface area contributed by atoms with Crippen molar-refractivity contribution in [2.24, 2.45) is 7.05 Å².